The van der Waals surface area contributed by atoms with Crippen molar-refractivity contribution >= 4 is 10.9 Å². The third kappa shape index (κ3) is 1.99. The first-order valence-electron chi connectivity index (χ1n) is 6.33. The van der Waals surface area contributed by atoms with Crippen LogP contribution in [-0.4, -0.2) is 4.57 Å². The van der Waals surface area contributed by atoms with Crippen LogP contribution in [0.15, 0.2) is 30.5 Å². The third-order valence-electron chi connectivity index (χ3n) is 3.46. The number of hydrogen-bond acceptors (Lipinski definition) is 0. The first-order chi connectivity index (χ1) is 7.76. The molecule has 16 heavy (non-hydrogen) atoms. The normalized spacial score (nSPS) is 13.2. The first kappa shape index (κ1) is 11.3. The van der Waals surface area contributed by atoms with Crippen molar-refractivity contribution < 1.29 is 0 Å². The molecule has 86 valence electrons. The summed E-state index contributed by atoms with van der Waals surface area (Å²) in [4.78, 5) is 0. The van der Waals surface area contributed by atoms with E-state index in [-0.39, 0.29) is 0 Å². The van der Waals surface area contributed by atoms with Crippen LogP contribution in [0.1, 0.15) is 32.8 Å². The molecule has 1 aromatic heterocycles. The zero-order valence-electron chi connectivity index (χ0n) is 10.5. The molecule has 0 aliphatic carbocycles. The molecule has 0 N–H and O–H groups in total. The molecule has 2 rings (SSSR count). The van der Waals surface area contributed by atoms with Crippen LogP contribution in [-0.2, 0) is 13.0 Å². The Morgan fingerprint density at radius 1 is 1.19 bits per heavy atom. The largest absolute Gasteiger partial charge is 0.347 e. The van der Waals surface area contributed by atoms with Gasteiger partial charge in [-0.1, -0.05) is 45.4 Å². The second-order valence-corrected chi connectivity index (χ2v) is 4.69. The summed E-state index contributed by atoms with van der Waals surface area (Å²) in [6.45, 7) is 7.95. The fourth-order valence-electron chi connectivity index (χ4n) is 2.24. The van der Waals surface area contributed by atoms with E-state index in [0.29, 0.717) is 0 Å². The van der Waals surface area contributed by atoms with Gasteiger partial charge in [-0.05, 0) is 29.4 Å². The molecule has 0 saturated carbocycles. The molecule has 0 aliphatic heterocycles. The Kier molecular flexibility index (Phi) is 3.33. The van der Waals surface area contributed by atoms with Gasteiger partial charge in [0.25, 0.3) is 0 Å². The summed E-state index contributed by atoms with van der Waals surface area (Å²) in [5.41, 5.74) is 2.90. The number of benzene rings is 1. The molecule has 0 bridgehead atoms. The molecule has 0 amide bonds. The molecule has 1 atom stereocenters. The van der Waals surface area contributed by atoms with E-state index < -0.39 is 0 Å². The van der Waals surface area contributed by atoms with E-state index in [9.17, 15) is 0 Å². The molecule has 1 nitrogen and oxygen atoms in total. The Labute approximate surface area is 98.1 Å². The van der Waals surface area contributed by atoms with Crippen molar-refractivity contribution in [1.82, 2.24) is 4.57 Å². The highest BCUT2D eigenvalue weighted by Crippen LogP contribution is 2.22. The molecule has 0 aliphatic rings. The van der Waals surface area contributed by atoms with E-state index in [1.54, 1.807) is 0 Å². The molecule has 0 radical (unpaired) electrons. The zero-order chi connectivity index (χ0) is 11.5. The highest BCUT2D eigenvalue weighted by Gasteiger charge is 2.07. The lowest BCUT2D eigenvalue weighted by molar-refractivity contribution is 0.477. The van der Waals surface area contributed by atoms with Gasteiger partial charge in [0.15, 0.2) is 0 Å². The minimum atomic E-state index is 0.750. The van der Waals surface area contributed by atoms with Crippen molar-refractivity contribution in [3.05, 3.63) is 36.0 Å². The Morgan fingerprint density at radius 3 is 2.69 bits per heavy atom. The van der Waals surface area contributed by atoms with Gasteiger partial charge in [-0.2, -0.15) is 0 Å². The van der Waals surface area contributed by atoms with Crippen LogP contribution >= 0.6 is 0 Å². The molecular formula is C15H21N. The average Bonchev–Trinajstić information content (AvgIpc) is 2.72. The number of para-hydroxylation sites is 1. The maximum absolute atomic E-state index is 2.42. The Hall–Kier alpha value is -1.24. The lowest BCUT2D eigenvalue weighted by Gasteiger charge is -2.13. The van der Waals surface area contributed by atoms with Crippen molar-refractivity contribution in [2.45, 2.75) is 40.2 Å². The Balaban J connectivity index is 2.45. The quantitative estimate of drug-likeness (QED) is 0.718. The van der Waals surface area contributed by atoms with Crippen LogP contribution in [0.25, 0.3) is 10.9 Å². The van der Waals surface area contributed by atoms with Crippen LogP contribution in [0.4, 0.5) is 0 Å². The van der Waals surface area contributed by atoms with E-state index in [1.807, 2.05) is 0 Å². The molecule has 2 aromatic rings. The van der Waals surface area contributed by atoms with Crippen LogP contribution in [0.5, 0.6) is 0 Å². The van der Waals surface area contributed by atoms with E-state index in [0.717, 1.165) is 18.9 Å². The summed E-state index contributed by atoms with van der Waals surface area (Å²) in [7, 11) is 0. The summed E-state index contributed by atoms with van der Waals surface area (Å²) in [6.07, 6.45) is 4.59. The molecule has 0 fully saturated rings. The maximum atomic E-state index is 2.42. The standard InChI is InChI=1S/C15H21N/c1-4-12(3)11-16-10-9-14-8-6-7-13(5-2)15(14)16/h6-10,12H,4-5,11H2,1-3H3. The van der Waals surface area contributed by atoms with Crippen LogP contribution in [0.3, 0.4) is 0 Å². The van der Waals surface area contributed by atoms with Gasteiger partial charge in [-0.3, -0.25) is 0 Å². The van der Waals surface area contributed by atoms with Gasteiger partial charge in [-0.15, -0.1) is 0 Å². The first-order valence-corrected chi connectivity index (χ1v) is 6.33. The smallest absolute Gasteiger partial charge is 0.0512 e. The van der Waals surface area contributed by atoms with Gasteiger partial charge in [0, 0.05) is 12.7 Å². The SMILES string of the molecule is CCc1cccc2ccn(CC(C)CC)c12. The number of rotatable bonds is 4. The summed E-state index contributed by atoms with van der Waals surface area (Å²) in [6, 6.07) is 8.85. The summed E-state index contributed by atoms with van der Waals surface area (Å²) in [5, 5.41) is 1.38. The Bertz CT molecular complexity index is 467. The van der Waals surface area contributed by atoms with E-state index in [1.165, 1.54) is 22.9 Å². The molecule has 1 heteroatoms. The Morgan fingerprint density at radius 2 is 2.00 bits per heavy atom. The van der Waals surface area contributed by atoms with Crippen molar-refractivity contribution in [2.75, 3.05) is 0 Å². The summed E-state index contributed by atoms with van der Waals surface area (Å²) < 4.78 is 2.42. The molecule has 1 aromatic carbocycles. The predicted molar refractivity (Wildman–Crippen MR) is 70.8 cm³/mol. The molecule has 1 unspecified atom stereocenters. The van der Waals surface area contributed by atoms with Gasteiger partial charge in [0.05, 0.1) is 5.52 Å². The highest BCUT2D eigenvalue weighted by molar-refractivity contribution is 5.83. The van der Waals surface area contributed by atoms with Crippen LogP contribution in [0.2, 0.25) is 0 Å². The fraction of sp³-hybridized carbons (Fsp3) is 0.467. The minimum absolute atomic E-state index is 0.750. The van der Waals surface area contributed by atoms with Gasteiger partial charge in [0.2, 0.25) is 0 Å². The van der Waals surface area contributed by atoms with Gasteiger partial charge in [-0.25, -0.2) is 0 Å². The number of aryl methyl sites for hydroxylation is 1. The molecular weight excluding hydrogens is 194 g/mol. The molecule has 0 spiro atoms. The van der Waals surface area contributed by atoms with Crippen molar-refractivity contribution in [2.24, 2.45) is 5.92 Å². The van der Waals surface area contributed by atoms with Crippen molar-refractivity contribution in [3.63, 3.8) is 0 Å². The van der Waals surface area contributed by atoms with E-state index >= 15 is 0 Å². The number of nitrogens with zero attached hydrogens (tertiary/aromatic N) is 1. The van der Waals surface area contributed by atoms with Crippen LogP contribution in [0, 0.1) is 5.92 Å². The zero-order valence-corrected chi connectivity index (χ0v) is 10.5. The average molecular weight is 215 g/mol. The van der Waals surface area contributed by atoms with E-state index in [4.69, 9.17) is 0 Å². The number of fused-ring (bicyclic) bond motifs is 1. The highest BCUT2D eigenvalue weighted by atomic mass is 15.0. The predicted octanol–water partition coefficient (Wildman–Crippen LogP) is 4.25. The van der Waals surface area contributed by atoms with Crippen LogP contribution < -0.4 is 0 Å². The number of aromatic nitrogens is 1. The fourth-order valence-corrected chi connectivity index (χ4v) is 2.24. The number of hydrogen-bond donors (Lipinski definition) is 0. The van der Waals surface area contributed by atoms with Gasteiger partial charge >= 0.3 is 0 Å². The minimum Gasteiger partial charge on any atom is -0.347 e. The summed E-state index contributed by atoms with van der Waals surface area (Å²) in [5.74, 6) is 0.750. The maximum Gasteiger partial charge on any atom is 0.0512 e. The molecule has 0 saturated heterocycles. The summed E-state index contributed by atoms with van der Waals surface area (Å²) >= 11 is 0. The second kappa shape index (κ2) is 4.73. The monoisotopic (exact) mass is 215 g/mol. The van der Waals surface area contributed by atoms with Crippen molar-refractivity contribution in [3.8, 4) is 0 Å². The van der Waals surface area contributed by atoms with E-state index in [2.05, 4.69) is 55.8 Å². The molecule has 1 heterocycles. The lowest BCUT2D eigenvalue weighted by Crippen LogP contribution is -2.06. The second-order valence-electron chi connectivity index (χ2n) is 4.69. The lowest BCUT2D eigenvalue weighted by atomic mass is 10.1. The van der Waals surface area contributed by atoms with Crippen molar-refractivity contribution in [1.29, 1.82) is 0 Å². The third-order valence-corrected chi connectivity index (χ3v) is 3.46. The van der Waals surface area contributed by atoms with Gasteiger partial charge in [0.1, 0.15) is 0 Å². The topological polar surface area (TPSA) is 4.93 Å². The van der Waals surface area contributed by atoms with Gasteiger partial charge < -0.3 is 4.57 Å².